The van der Waals surface area contributed by atoms with Crippen molar-refractivity contribution in [3.05, 3.63) is 0 Å². The highest BCUT2D eigenvalue weighted by Gasteiger charge is 2.39. The van der Waals surface area contributed by atoms with Crippen molar-refractivity contribution in [3.63, 3.8) is 0 Å². The van der Waals surface area contributed by atoms with Gasteiger partial charge in [-0.1, -0.05) is 78.1 Å². The van der Waals surface area contributed by atoms with Crippen molar-refractivity contribution >= 4 is 11.8 Å². The van der Waals surface area contributed by atoms with Crippen LogP contribution in [0.4, 0.5) is 0 Å². The fraction of sp³-hybridized carbons (Fsp3) is 0.917. The van der Waals surface area contributed by atoms with Gasteiger partial charge in [0.05, 0.1) is 19.2 Å². The van der Waals surface area contributed by atoms with E-state index in [1.807, 2.05) is 0 Å². The van der Waals surface area contributed by atoms with Crippen molar-refractivity contribution in [3.8, 4) is 0 Å². The lowest BCUT2D eigenvalue weighted by Crippen LogP contribution is -2.60. The normalized spacial score (nSPS) is 23.3. The molecule has 0 aromatic rings. The Morgan fingerprint density at radius 2 is 1.47 bits per heavy atom. The predicted molar refractivity (Wildman–Crippen MR) is 124 cm³/mol. The number of amides is 2. The lowest BCUT2D eigenvalue weighted by atomic mass is 10.0. The van der Waals surface area contributed by atoms with Crippen LogP contribution in [0.2, 0.25) is 0 Å². The number of nitrogens with one attached hydrogen (secondary N) is 2. The summed E-state index contributed by atoms with van der Waals surface area (Å²) in [7, 11) is 1.37. The molecule has 188 valence electrons. The van der Waals surface area contributed by atoms with E-state index in [0.29, 0.717) is 6.42 Å². The Kier molecular flexibility index (Phi) is 15.6. The Morgan fingerprint density at radius 3 is 2.03 bits per heavy atom. The topological polar surface area (TPSA) is 117 Å². The monoisotopic (exact) mass is 458 g/mol. The van der Waals surface area contributed by atoms with Gasteiger partial charge in [-0.05, 0) is 12.3 Å². The predicted octanol–water partition coefficient (Wildman–Crippen LogP) is 2.65. The van der Waals surface area contributed by atoms with Crippen molar-refractivity contribution in [1.29, 1.82) is 0 Å². The molecule has 0 spiro atoms. The second-order valence-electron chi connectivity index (χ2n) is 9.34. The summed E-state index contributed by atoms with van der Waals surface area (Å²) in [6, 6.07) is -0.749. The number of aliphatic hydroxyl groups excluding tert-OH is 2. The minimum Gasteiger partial charge on any atom is -0.388 e. The summed E-state index contributed by atoms with van der Waals surface area (Å²) in [5, 5.41) is 25.1. The van der Waals surface area contributed by atoms with E-state index >= 15 is 0 Å². The van der Waals surface area contributed by atoms with Gasteiger partial charge < -0.3 is 30.3 Å². The third-order valence-corrected chi connectivity index (χ3v) is 5.94. The van der Waals surface area contributed by atoms with Crippen LogP contribution in [0.1, 0.15) is 90.9 Å². The van der Waals surface area contributed by atoms with E-state index < -0.39 is 30.4 Å². The van der Waals surface area contributed by atoms with Crippen molar-refractivity contribution in [2.24, 2.45) is 5.92 Å². The van der Waals surface area contributed by atoms with Crippen molar-refractivity contribution < 1.29 is 29.3 Å². The van der Waals surface area contributed by atoms with Gasteiger partial charge in [-0.2, -0.15) is 0 Å². The molecule has 0 aliphatic carbocycles. The first kappa shape index (κ1) is 28.8. The number of rotatable bonds is 17. The molecule has 0 radical (unpaired) electrons. The van der Waals surface area contributed by atoms with E-state index in [0.717, 1.165) is 25.2 Å². The van der Waals surface area contributed by atoms with Crippen molar-refractivity contribution in [1.82, 2.24) is 10.6 Å². The molecule has 0 unspecified atom stereocenters. The first-order chi connectivity index (χ1) is 15.3. The van der Waals surface area contributed by atoms with Crippen LogP contribution in [0.15, 0.2) is 0 Å². The molecule has 32 heavy (non-hydrogen) atoms. The summed E-state index contributed by atoms with van der Waals surface area (Å²) in [6.07, 6.45) is 10.6. The lowest BCUT2D eigenvalue weighted by Gasteiger charge is -2.36. The number of unbranched alkanes of at least 4 members (excludes halogenated alkanes) is 9. The van der Waals surface area contributed by atoms with Gasteiger partial charge in [0.2, 0.25) is 11.8 Å². The first-order valence-electron chi connectivity index (χ1n) is 12.4. The standard InChI is InChI=1S/C24H46N2O6/c1-18(2)14-12-10-8-6-4-5-7-9-11-13-15-20(27)25-16-21(28)26-19-17-32-24(31-3)23(30)22(19)29/h18-19,22-24,29-30H,4-17H2,1-3H3,(H,25,27)(H,26,28)/t19-,22+,23+,24+/m0/s1. The highest BCUT2D eigenvalue weighted by atomic mass is 16.7. The Labute approximate surface area is 193 Å². The molecule has 2 amide bonds. The van der Waals surface area contributed by atoms with E-state index in [1.165, 1.54) is 58.5 Å². The second-order valence-corrected chi connectivity index (χ2v) is 9.34. The van der Waals surface area contributed by atoms with Gasteiger partial charge in [0.25, 0.3) is 0 Å². The SMILES string of the molecule is CO[C@@H]1OC[C@H](NC(=O)CNC(=O)CCCCCCCCCCCCC(C)C)[C@@H](O)[C@H]1O. The smallest absolute Gasteiger partial charge is 0.239 e. The molecule has 1 aliphatic rings. The zero-order valence-corrected chi connectivity index (χ0v) is 20.3. The van der Waals surface area contributed by atoms with Gasteiger partial charge in [-0.15, -0.1) is 0 Å². The summed E-state index contributed by atoms with van der Waals surface area (Å²) in [6.45, 7) is 4.42. The number of ether oxygens (including phenoxy) is 2. The molecular formula is C24H46N2O6. The fourth-order valence-electron chi connectivity index (χ4n) is 3.91. The Bertz CT molecular complexity index is 517. The number of methoxy groups -OCH3 is 1. The molecule has 1 rings (SSSR count). The van der Waals surface area contributed by atoms with Gasteiger partial charge in [-0.3, -0.25) is 9.59 Å². The summed E-state index contributed by atoms with van der Waals surface area (Å²) in [5.41, 5.74) is 0. The Hall–Kier alpha value is -1.22. The minimum absolute atomic E-state index is 0.0224. The maximum atomic E-state index is 12.0. The van der Waals surface area contributed by atoms with E-state index in [1.54, 1.807) is 0 Å². The average molecular weight is 459 g/mol. The summed E-state index contributed by atoms with van der Waals surface area (Å²) >= 11 is 0. The van der Waals surface area contributed by atoms with Gasteiger partial charge in [0, 0.05) is 13.5 Å². The molecule has 0 bridgehead atoms. The summed E-state index contributed by atoms with van der Waals surface area (Å²) < 4.78 is 10.1. The lowest BCUT2D eigenvalue weighted by molar-refractivity contribution is -0.240. The zero-order chi connectivity index (χ0) is 23.8. The quantitative estimate of drug-likeness (QED) is 0.249. The summed E-state index contributed by atoms with van der Waals surface area (Å²) in [4.78, 5) is 23.9. The molecule has 0 saturated carbocycles. The summed E-state index contributed by atoms with van der Waals surface area (Å²) in [5.74, 6) is 0.236. The van der Waals surface area contributed by atoms with Crippen LogP contribution in [0, 0.1) is 5.92 Å². The molecule has 1 fully saturated rings. The van der Waals surface area contributed by atoms with Crippen LogP contribution >= 0.6 is 0 Å². The van der Waals surface area contributed by atoms with Crippen LogP contribution in [0.5, 0.6) is 0 Å². The third-order valence-electron chi connectivity index (χ3n) is 5.94. The van der Waals surface area contributed by atoms with Gasteiger partial charge in [0.15, 0.2) is 6.29 Å². The highest BCUT2D eigenvalue weighted by Crippen LogP contribution is 2.16. The minimum atomic E-state index is -1.25. The van der Waals surface area contributed by atoms with Crippen LogP contribution < -0.4 is 10.6 Å². The molecule has 0 aromatic heterocycles. The highest BCUT2D eigenvalue weighted by molar-refractivity contribution is 5.84. The first-order valence-corrected chi connectivity index (χ1v) is 12.4. The third kappa shape index (κ3) is 12.7. The molecule has 1 aliphatic heterocycles. The fourth-order valence-corrected chi connectivity index (χ4v) is 3.91. The Balaban J connectivity index is 1.96. The number of hydrogen-bond acceptors (Lipinski definition) is 6. The van der Waals surface area contributed by atoms with Gasteiger partial charge >= 0.3 is 0 Å². The van der Waals surface area contributed by atoms with Gasteiger partial charge in [-0.25, -0.2) is 0 Å². The van der Waals surface area contributed by atoms with Crippen molar-refractivity contribution in [2.75, 3.05) is 20.3 Å². The largest absolute Gasteiger partial charge is 0.388 e. The van der Waals surface area contributed by atoms with Crippen LogP contribution in [-0.2, 0) is 19.1 Å². The number of hydrogen-bond donors (Lipinski definition) is 4. The number of aliphatic hydroxyl groups is 2. The maximum Gasteiger partial charge on any atom is 0.239 e. The van der Waals surface area contributed by atoms with Gasteiger partial charge in [0.1, 0.15) is 12.2 Å². The van der Waals surface area contributed by atoms with E-state index in [-0.39, 0.29) is 19.1 Å². The maximum absolute atomic E-state index is 12.0. The second kappa shape index (κ2) is 17.3. The zero-order valence-electron chi connectivity index (χ0n) is 20.3. The van der Waals surface area contributed by atoms with Crippen LogP contribution in [-0.4, -0.2) is 66.8 Å². The Morgan fingerprint density at radius 1 is 0.906 bits per heavy atom. The molecular weight excluding hydrogens is 412 g/mol. The van der Waals surface area contributed by atoms with E-state index in [4.69, 9.17) is 9.47 Å². The molecule has 8 nitrogen and oxygen atoms in total. The van der Waals surface area contributed by atoms with Crippen LogP contribution in [0.3, 0.4) is 0 Å². The molecule has 4 N–H and O–H groups in total. The molecule has 0 aromatic carbocycles. The van der Waals surface area contributed by atoms with E-state index in [2.05, 4.69) is 24.5 Å². The molecule has 4 atom stereocenters. The molecule has 1 saturated heterocycles. The number of carbonyl (C=O) groups is 2. The molecule has 1 heterocycles. The van der Waals surface area contributed by atoms with Crippen LogP contribution in [0.25, 0.3) is 0 Å². The van der Waals surface area contributed by atoms with E-state index in [9.17, 15) is 19.8 Å². The van der Waals surface area contributed by atoms with Crippen molar-refractivity contribution in [2.45, 2.75) is 115 Å². The number of carbonyl (C=O) groups excluding carboxylic acids is 2. The average Bonchev–Trinajstić information content (AvgIpc) is 2.76. The molecule has 8 heteroatoms.